The fourth-order valence-electron chi connectivity index (χ4n) is 3.33. The molecule has 164 valence electrons. The Balaban J connectivity index is 1.58. The molecular weight excluding hydrogens is 394 g/mol. The van der Waals surface area contributed by atoms with Gasteiger partial charge in [-0.1, -0.05) is 12.1 Å². The van der Waals surface area contributed by atoms with Crippen LogP contribution in [0.2, 0.25) is 0 Å². The van der Waals surface area contributed by atoms with Gasteiger partial charge in [-0.25, -0.2) is 4.79 Å². The number of rotatable bonds is 5. The minimum Gasteiger partial charge on any atom is -0.444 e. The van der Waals surface area contributed by atoms with Gasteiger partial charge in [-0.15, -0.1) is 0 Å². The monoisotopic (exact) mass is 423 g/mol. The molecule has 0 bridgehead atoms. The fourth-order valence-corrected chi connectivity index (χ4v) is 3.33. The number of hydrogen-bond donors (Lipinski definition) is 2. The molecule has 2 aromatic rings. The van der Waals surface area contributed by atoms with E-state index in [0.717, 1.165) is 24.9 Å². The highest BCUT2D eigenvalue weighted by Crippen LogP contribution is 2.18. The van der Waals surface area contributed by atoms with Gasteiger partial charge in [-0.2, -0.15) is 0 Å². The average Bonchev–Trinajstić information content (AvgIpc) is 2.69. The van der Waals surface area contributed by atoms with E-state index in [1.54, 1.807) is 45.0 Å². The van der Waals surface area contributed by atoms with Crippen molar-refractivity contribution < 1.29 is 19.1 Å². The van der Waals surface area contributed by atoms with E-state index in [1.807, 2.05) is 29.2 Å². The van der Waals surface area contributed by atoms with Crippen LogP contribution in [0.25, 0.3) is 0 Å². The number of likely N-dealkylation sites (tertiary alicyclic amines) is 1. The largest absolute Gasteiger partial charge is 0.444 e. The third-order valence-corrected chi connectivity index (χ3v) is 4.77. The number of benzene rings is 2. The smallest absolute Gasteiger partial charge is 0.412 e. The van der Waals surface area contributed by atoms with Crippen LogP contribution in [-0.4, -0.2) is 35.0 Å². The van der Waals surface area contributed by atoms with Crippen LogP contribution in [0.15, 0.2) is 48.5 Å². The predicted octanol–water partition coefficient (Wildman–Crippen LogP) is 4.80. The van der Waals surface area contributed by atoms with Crippen molar-refractivity contribution in [2.45, 2.75) is 52.2 Å². The van der Waals surface area contributed by atoms with Gasteiger partial charge in [0.05, 0.1) is 0 Å². The number of carbonyl (C=O) groups excluding carboxylic acids is 3. The molecule has 0 spiro atoms. The zero-order chi connectivity index (χ0) is 22.4. The van der Waals surface area contributed by atoms with Crippen LogP contribution in [0.5, 0.6) is 0 Å². The maximum atomic E-state index is 12.6. The molecule has 0 aromatic heterocycles. The zero-order valence-corrected chi connectivity index (χ0v) is 18.2. The topological polar surface area (TPSA) is 87.7 Å². The number of carbonyl (C=O) groups is 3. The van der Waals surface area contributed by atoms with Gasteiger partial charge in [-0.3, -0.25) is 14.9 Å². The Morgan fingerprint density at radius 2 is 1.74 bits per heavy atom. The first-order chi connectivity index (χ1) is 14.7. The molecule has 31 heavy (non-hydrogen) atoms. The van der Waals surface area contributed by atoms with Crippen LogP contribution < -0.4 is 10.6 Å². The van der Waals surface area contributed by atoms with Crippen LogP contribution >= 0.6 is 0 Å². The highest BCUT2D eigenvalue weighted by Gasteiger charge is 2.18. The molecule has 1 saturated heterocycles. The van der Waals surface area contributed by atoms with Gasteiger partial charge >= 0.3 is 6.09 Å². The van der Waals surface area contributed by atoms with Gasteiger partial charge in [0.15, 0.2) is 0 Å². The quantitative estimate of drug-likeness (QED) is 0.723. The summed E-state index contributed by atoms with van der Waals surface area (Å²) in [5.74, 6) is -0.0733. The number of ether oxygens (including phenoxy) is 1. The van der Waals surface area contributed by atoms with Crippen LogP contribution in [0.4, 0.5) is 16.2 Å². The maximum Gasteiger partial charge on any atom is 0.412 e. The summed E-state index contributed by atoms with van der Waals surface area (Å²) in [6, 6.07) is 14.1. The van der Waals surface area contributed by atoms with Crippen LogP contribution in [0, 0.1) is 0 Å². The summed E-state index contributed by atoms with van der Waals surface area (Å²) in [5, 5.41) is 5.52. The van der Waals surface area contributed by atoms with Gasteiger partial charge in [0, 0.05) is 36.4 Å². The van der Waals surface area contributed by atoms with E-state index in [2.05, 4.69) is 10.6 Å². The molecule has 0 atom stereocenters. The van der Waals surface area contributed by atoms with E-state index >= 15 is 0 Å². The van der Waals surface area contributed by atoms with Gasteiger partial charge in [0.25, 0.3) is 5.91 Å². The summed E-state index contributed by atoms with van der Waals surface area (Å²) in [4.78, 5) is 38.3. The third-order valence-electron chi connectivity index (χ3n) is 4.77. The number of anilines is 2. The Morgan fingerprint density at radius 3 is 2.42 bits per heavy atom. The summed E-state index contributed by atoms with van der Waals surface area (Å²) in [6.45, 7) is 6.70. The maximum absolute atomic E-state index is 12.6. The van der Waals surface area contributed by atoms with Crippen molar-refractivity contribution >= 4 is 29.3 Å². The summed E-state index contributed by atoms with van der Waals surface area (Å²) < 4.78 is 5.22. The SMILES string of the molecule is CC(C)(C)OC(=O)Nc1ccc(C(=O)Nc2cccc(CN3CCCCC3=O)c2)cc1. The van der Waals surface area contributed by atoms with Crippen molar-refractivity contribution in [2.75, 3.05) is 17.2 Å². The summed E-state index contributed by atoms with van der Waals surface area (Å²) in [5.41, 5.74) is 2.07. The molecule has 7 nitrogen and oxygen atoms in total. The Hall–Kier alpha value is -3.35. The molecule has 0 saturated carbocycles. The molecule has 7 heteroatoms. The van der Waals surface area contributed by atoms with E-state index in [1.165, 1.54) is 0 Å². The van der Waals surface area contributed by atoms with Gasteiger partial charge in [0.1, 0.15) is 5.60 Å². The standard InChI is InChI=1S/C24H29N3O4/c1-24(2,3)31-23(30)26-19-12-10-18(11-13-19)22(29)25-20-8-6-7-17(15-20)16-27-14-5-4-9-21(27)28/h6-8,10-13,15H,4-5,9,14,16H2,1-3H3,(H,25,29)(H,26,30). The predicted molar refractivity (Wildman–Crippen MR) is 120 cm³/mol. The number of hydrogen-bond acceptors (Lipinski definition) is 4. The van der Waals surface area contributed by atoms with Crippen molar-refractivity contribution in [3.8, 4) is 0 Å². The lowest BCUT2D eigenvalue weighted by Crippen LogP contribution is -2.34. The minimum atomic E-state index is -0.584. The Labute approximate surface area is 182 Å². The molecule has 0 unspecified atom stereocenters. The lowest BCUT2D eigenvalue weighted by molar-refractivity contribution is -0.133. The van der Waals surface area contributed by atoms with Crippen molar-refractivity contribution in [1.82, 2.24) is 4.90 Å². The molecule has 1 aliphatic heterocycles. The second-order valence-electron chi connectivity index (χ2n) is 8.63. The number of nitrogens with zero attached hydrogens (tertiary/aromatic N) is 1. The molecule has 2 N–H and O–H groups in total. The Morgan fingerprint density at radius 1 is 1.00 bits per heavy atom. The minimum absolute atomic E-state index is 0.181. The fraction of sp³-hybridized carbons (Fsp3) is 0.375. The molecular formula is C24H29N3O4. The molecule has 0 radical (unpaired) electrons. The van der Waals surface area contributed by atoms with E-state index in [0.29, 0.717) is 29.9 Å². The van der Waals surface area contributed by atoms with E-state index in [4.69, 9.17) is 4.74 Å². The van der Waals surface area contributed by atoms with E-state index in [9.17, 15) is 14.4 Å². The molecule has 1 fully saturated rings. The Bertz CT molecular complexity index is 948. The first-order valence-corrected chi connectivity index (χ1v) is 10.5. The molecule has 2 aromatic carbocycles. The number of piperidine rings is 1. The van der Waals surface area contributed by atoms with Crippen LogP contribution in [-0.2, 0) is 16.1 Å². The lowest BCUT2D eigenvalue weighted by Gasteiger charge is -2.26. The van der Waals surface area contributed by atoms with Crippen molar-refractivity contribution in [3.05, 3.63) is 59.7 Å². The van der Waals surface area contributed by atoms with Crippen LogP contribution in [0.3, 0.4) is 0 Å². The summed E-state index contributed by atoms with van der Waals surface area (Å²) in [6.07, 6.45) is 2.04. The van der Waals surface area contributed by atoms with Crippen molar-refractivity contribution in [1.29, 1.82) is 0 Å². The first kappa shape index (κ1) is 22.3. The van der Waals surface area contributed by atoms with E-state index in [-0.39, 0.29) is 11.8 Å². The highest BCUT2D eigenvalue weighted by molar-refractivity contribution is 6.04. The summed E-state index contributed by atoms with van der Waals surface area (Å²) in [7, 11) is 0. The van der Waals surface area contributed by atoms with Gasteiger partial charge < -0.3 is 15.0 Å². The van der Waals surface area contributed by atoms with E-state index < -0.39 is 11.7 Å². The highest BCUT2D eigenvalue weighted by atomic mass is 16.6. The summed E-state index contributed by atoms with van der Waals surface area (Å²) >= 11 is 0. The third kappa shape index (κ3) is 6.84. The van der Waals surface area contributed by atoms with Crippen LogP contribution in [0.1, 0.15) is 56.0 Å². The molecule has 3 rings (SSSR count). The second-order valence-corrected chi connectivity index (χ2v) is 8.63. The molecule has 0 aliphatic carbocycles. The first-order valence-electron chi connectivity index (χ1n) is 10.5. The van der Waals surface area contributed by atoms with Gasteiger partial charge in [0.2, 0.25) is 5.91 Å². The van der Waals surface area contributed by atoms with Crippen molar-refractivity contribution in [2.24, 2.45) is 0 Å². The number of nitrogens with one attached hydrogen (secondary N) is 2. The average molecular weight is 424 g/mol. The second kappa shape index (κ2) is 9.64. The number of amides is 3. The zero-order valence-electron chi connectivity index (χ0n) is 18.2. The van der Waals surface area contributed by atoms with Crippen molar-refractivity contribution in [3.63, 3.8) is 0 Å². The lowest BCUT2D eigenvalue weighted by atomic mass is 10.1. The van der Waals surface area contributed by atoms with Gasteiger partial charge in [-0.05, 0) is 75.6 Å². The molecule has 1 aliphatic rings. The molecule has 1 heterocycles. The molecule has 3 amide bonds. The normalized spacial score (nSPS) is 14.2. The Kier molecular flexibility index (Phi) is 6.95.